The molecule has 2 heteroatoms. The van der Waals surface area contributed by atoms with Crippen molar-refractivity contribution in [3.63, 3.8) is 0 Å². The molecule has 19 heavy (non-hydrogen) atoms. The summed E-state index contributed by atoms with van der Waals surface area (Å²) in [5.41, 5.74) is 2.56. The highest BCUT2D eigenvalue weighted by atomic mass is 15.1. The van der Waals surface area contributed by atoms with Crippen LogP contribution in [0.25, 0.3) is 0 Å². The molecule has 0 bridgehead atoms. The normalized spacial score (nSPS) is 17.8. The van der Waals surface area contributed by atoms with Gasteiger partial charge in [0.15, 0.2) is 0 Å². The summed E-state index contributed by atoms with van der Waals surface area (Å²) < 4.78 is 0. The number of rotatable bonds is 5. The van der Waals surface area contributed by atoms with Crippen molar-refractivity contribution < 1.29 is 0 Å². The van der Waals surface area contributed by atoms with Crippen LogP contribution in [0.1, 0.15) is 32.6 Å². The summed E-state index contributed by atoms with van der Waals surface area (Å²) in [5.74, 6) is 0. The average Bonchev–Trinajstić information content (AvgIpc) is 2.45. The summed E-state index contributed by atoms with van der Waals surface area (Å²) in [6.07, 6.45) is 22.5. The standard InChI is InChI=1S/C17H24N2/c1-3-4-5-6-11-19-14-9-17(10-15-19)16-7-12-18(2)13-8-16/h7-10,12-15H,3-6,11H2,1-2H3. The SMILES string of the molecule is CCCCCCN1C=CC(=C2C=CN(C)C=C2)C=C1. The molecule has 0 saturated heterocycles. The van der Waals surface area contributed by atoms with Gasteiger partial charge < -0.3 is 9.80 Å². The summed E-state index contributed by atoms with van der Waals surface area (Å²) in [7, 11) is 2.04. The van der Waals surface area contributed by atoms with Crippen molar-refractivity contribution in [3.8, 4) is 0 Å². The van der Waals surface area contributed by atoms with E-state index in [1.54, 1.807) is 0 Å². The lowest BCUT2D eigenvalue weighted by Crippen LogP contribution is -2.13. The minimum Gasteiger partial charge on any atom is -0.357 e. The van der Waals surface area contributed by atoms with Gasteiger partial charge in [0.2, 0.25) is 0 Å². The maximum absolute atomic E-state index is 2.28. The number of hydrogen-bond acceptors (Lipinski definition) is 2. The van der Waals surface area contributed by atoms with Gasteiger partial charge in [-0.2, -0.15) is 0 Å². The molecule has 2 nitrogen and oxygen atoms in total. The molecule has 2 heterocycles. The van der Waals surface area contributed by atoms with E-state index in [2.05, 4.69) is 65.8 Å². The third kappa shape index (κ3) is 4.16. The Morgan fingerprint density at radius 1 is 0.789 bits per heavy atom. The van der Waals surface area contributed by atoms with Crippen molar-refractivity contribution in [1.29, 1.82) is 0 Å². The van der Waals surface area contributed by atoms with E-state index < -0.39 is 0 Å². The first kappa shape index (κ1) is 13.7. The Hall–Kier alpha value is -1.70. The molecule has 0 aliphatic carbocycles. The highest BCUT2D eigenvalue weighted by Gasteiger charge is 2.05. The fraction of sp³-hybridized carbons (Fsp3) is 0.412. The van der Waals surface area contributed by atoms with Crippen LogP contribution in [0.4, 0.5) is 0 Å². The van der Waals surface area contributed by atoms with Crippen LogP contribution in [0.3, 0.4) is 0 Å². The molecule has 0 aromatic heterocycles. The molecule has 2 aliphatic rings. The smallest absolute Gasteiger partial charge is 0.0219 e. The molecule has 0 radical (unpaired) electrons. The van der Waals surface area contributed by atoms with Crippen molar-refractivity contribution in [2.45, 2.75) is 32.6 Å². The second-order valence-corrected chi connectivity index (χ2v) is 5.14. The molecule has 0 aromatic carbocycles. The molecule has 102 valence electrons. The maximum atomic E-state index is 2.28. The largest absolute Gasteiger partial charge is 0.357 e. The molecular formula is C17H24N2. The highest BCUT2D eigenvalue weighted by molar-refractivity contribution is 5.48. The summed E-state index contributed by atoms with van der Waals surface area (Å²) in [5, 5.41) is 0. The van der Waals surface area contributed by atoms with E-state index in [0.29, 0.717) is 0 Å². The van der Waals surface area contributed by atoms with E-state index in [0.717, 1.165) is 6.54 Å². The molecule has 0 amide bonds. The molecule has 0 spiro atoms. The van der Waals surface area contributed by atoms with Gasteiger partial charge in [-0.3, -0.25) is 0 Å². The fourth-order valence-electron chi connectivity index (χ4n) is 2.21. The average molecular weight is 256 g/mol. The minimum absolute atomic E-state index is 1.13. The van der Waals surface area contributed by atoms with Crippen LogP contribution in [0.2, 0.25) is 0 Å². The van der Waals surface area contributed by atoms with Crippen LogP contribution in [-0.4, -0.2) is 23.4 Å². The van der Waals surface area contributed by atoms with E-state index in [1.165, 1.54) is 36.8 Å². The number of hydrogen-bond donors (Lipinski definition) is 0. The lowest BCUT2D eigenvalue weighted by molar-refractivity contribution is 0.468. The first-order chi connectivity index (χ1) is 9.29. The summed E-state index contributed by atoms with van der Waals surface area (Å²) >= 11 is 0. The predicted octanol–water partition coefficient (Wildman–Crippen LogP) is 4.18. The third-order valence-electron chi connectivity index (χ3n) is 3.47. The lowest BCUT2D eigenvalue weighted by atomic mass is 10.0. The molecule has 0 unspecified atom stereocenters. The van der Waals surface area contributed by atoms with Crippen LogP contribution in [0.5, 0.6) is 0 Å². The van der Waals surface area contributed by atoms with Crippen LogP contribution < -0.4 is 0 Å². The third-order valence-corrected chi connectivity index (χ3v) is 3.47. The van der Waals surface area contributed by atoms with Gasteiger partial charge in [-0.05, 0) is 41.9 Å². The maximum Gasteiger partial charge on any atom is 0.0219 e. The zero-order chi connectivity index (χ0) is 13.5. The monoisotopic (exact) mass is 256 g/mol. The van der Waals surface area contributed by atoms with Gasteiger partial charge in [-0.1, -0.05) is 26.2 Å². The van der Waals surface area contributed by atoms with E-state index in [1.807, 2.05) is 7.05 Å². The van der Waals surface area contributed by atoms with Crippen molar-refractivity contribution in [2.24, 2.45) is 0 Å². The van der Waals surface area contributed by atoms with Gasteiger partial charge in [0.1, 0.15) is 0 Å². The summed E-state index contributed by atoms with van der Waals surface area (Å²) in [6.45, 7) is 3.38. The second kappa shape index (κ2) is 7.03. The van der Waals surface area contributed by atoms with Gasteiger partial charge in [0, 0.05) is 38.4 Å². The second-order valence-electron chi connectivity index (χ2n) is 5.14. The zero-order valence-corrected chi connectivity index (χ0v) is 12.0. The first-order valence-electron chi connectivity index (χ1n) is 7.24. The fourth-order valence-corrected chi connectivity index (χ4v) is 2.21. The molecule has 2 rings (SSSR count). The molecule has 0 saturated carbocycles. The van der Waals surface area contributed by atoms with Gasteiger partial charge in [-0.25, -0.2) is 0 Å². The van der Waals surface area contributed by atoms with Gasteiger partial charge >= 0.3 is 0 Å². The van der Waals surface area contributed by atoms with Gasteiger partial charge in [0.05, 0.1) is 0 Å². The van der Waals surface area contributed by atoms with Crippen molar-refractivity contribution >= 4 is 0 Å². The Labute approximate surface area is 117 Å². The quantitative estimate of drug-likeness (QED) is 0.681. The van der Waals surface area contributed by atoms with E-state index in [4.69, 9.17) is 0 Å². The zero-order valence-electron chi connectivity index (χ0n) is 12.0. The van der Waals surface area contributed by atoms with Crippen LogP contribution >= 0.6 is 0 Å². The molecule has 0 fully saturated rings. The van der Waals surface area contributed by atoms with E-state index in [-0.39, 0.29) is 0 Å². The summed E-state index contributed by atoms with van der Waals surface area (Å²) in [6, 6.07) is 0. The first-order valence-corrected chi connectivity index (χ1v) is 7.24. The molecule has 0 aromatic rings. The number of nitrogens with zero attached hydrogens (tertiary/aromatic N) is 2. The van der Waals surface area contributed by atoms with Crippen LogP contribution in [-0.2, 0) is 0 Å². The van der Waals surface area contributed by atoms with Crippen molar-refractivity contribution in [1.82, 2.24) is 9.80 Å². The van der Waals surface area contributed by atoms with E-state index in [9.17, 15) is 0 Å². The Bertz CT molecular complexity index is 406. The Morgan fingerprint density at radius 2 is 1.37 bits per heavy atom. The van der Waals surface area contributed by atoms with Crippen LogP contribution in [0.15, 0.2) is 60.3 Å². The number of unbranched alkanes of at least 4 members (excludes halogenated alkanes) is 3. The van der Waals surface area contributed by atoms with E-state index >= 15 is 0 Å². The molecule has 2 aliphatic heterocycles. The highest BCUT2D eigenvalue weighted by Crippen LogP contribution is 2.19. The minimum atomic E-state index is 1.13. The van der Waals surface area contributed by atoms with Crippen LogP contribution in [0, 0.1) is 0 Å². The van der Waals surface area contributed by atoms with Crippen molar-refractivity contribution in [3.05, 3.63) is 60.3 Å². The van der Waals surface area contributed by atoms with Gasteiger partial charge in [-0.15, -0.1) is 0 Å². The molecule has 0 atom stereocenters. The Balaban J connectivity index is 1.87. The summed E-state index contributed by atoms with van der Waals surface area (Å²) in [4.78, 5) is 4.34. The predicted molar refractivity (Wildman–Crippen MR) is 82.2 cm³/mol. The Kier molecular flexibility index (Phi) is 5.08. The number of allylic oxidation sites excluding steroid dienone is 6. The lowest BCUT2D eigenvalue weighted by Gasteiger charge is -2.20. The topological polar surface area (TPSA) is 6.48 Å². The van der Waals surface area contributed by atoms with Crippen molar-refractivity contribution in [2.75, 3.05) is 13.6 Å². The Morgan fingerprint density at radius 3 is 1.95 bits per heavy atom. The molecular weight excluding hydrogens is 232 g/mol. The molecule has 0 N–H and O–H groups in total. The van der Waals surface area contributed by atoms with Gasteiger partial charge in [0.25, 0.3) is 0 Å².